The van der Waals surface area contributed by atoms with Gasteiger partial charge in [-0.05, 0) is 31.0 Å². The molecule has 2 aliphatic heterocycles. The summed E-state index contributed by atoms with van der Waals surface area (Å²) >= 11 is 0. The maximum atomic E-state index is 13.0. The van der Waals surface area contributed by atoms with Crippen LogP contribution in [0.1, 0.15) is 40.8 Å². The lowest BCUT2D eigenvalue weighted by Crippen LogP contribution is -2.39. The number of carbonyl (C=O) groups excluding carboxylic acids is 1. The van der Waals surface area contributed by atoms with Gasteiger partial charge in [-0.25, -0.2) is 0 Å². The molecule has 1 aromatic heterocycles. The van der Waals surface area contributed by atoms with Crippen LogP contribution < -0.4 is 14.8 Å². The van der Waals surface area contributed by atoms with E-state index in [-0.39, 0.29) is 18.3 Å². The number of rotatable bonds is 6. The van der Waals surface area contributed by atoms with Gasteiger partial charge < -0.3 is 24.3 Å². The molecule has 1 fully saturated rings. The van der Waals surface area contributed by atoms with Crippen LogP contribution in [0, 0.1) is 0 Å². The molecule has 2 aromatic rings. The van der Waals surface area contributed by atoms with Crippen LogP contribution in [0.25, 0.3) is 0 Å². The molecule has 0 aliphatic carbocycles. The number of likely N-dealkylation sites (tertiary alicyclic amines) is 1. The van der Waals surface area contributed by atoms with Gasteiger partial charge in [-0.15, -0.1) is 22.6 Å². The number of piperidine rings is 1. The molecule has 9 heteroatoms. The average Bonchev–Trinajstić information content (AvgIpc) is 3.21. The lowest BCUT2D eigenvalue weighted by Gasteiger charge is -2.32. The van der Waals surface area contributed by atoms with Crippen LogP contribution in [0.4, 0.5) is 0 Å². The van der Waals surface area contributed by atoms with Crippen LogP contribution in [0.15, 0.2) is 30.9 Å². The first-order chi connectivity index (χ1) is 14.2. The van der Waals surface area contributed by atoms with E-state index in [4.69, 9.17) is 9.47 Å². The lowest BCUT2D eigenvalue weighted by atomic mass is 9.95. The maximum absolute atomic E-state index is 13.0. The molecule has 0 atom stereocenters. The number of carbonyl (C=O) groups is 1. The van der Waals surface area contributed by atoms with Crippen LogP contribution in [0.5, 0.6) is 11.5 Å². The number of ether oxygens (including phenoxy) is 2. The van der Waals surface area contributed by atoms with Gasteiger partial charge in [0.1, 0.15) is 18.3 Å². The number of aromatic nitrogens is 3. The summed E-state index contributed by atoms with van der Waals surface area (Å²) < 4.78 is 13.2. The fourth-order valence-electron chi connectivity index (χ4n) is 4.01. The maximum Gasteiger partial charge on any atom is 0.253 e. The molecule has 8 nitrogen and oxygen atoms in total. The topological polar surface area (TPSA) is 81.5 Å². The van der Waals surface area contributed by atoms with E-state index in [1.54, 1.807) is 31.4 Å². The third-order valence-corrected chi connectivity index (χ3v) is 5.57. The zero-order valence-corrected chi connectivity index (χ0v) is 18.0. The van der Waals surface area contributed by atoms with Crippen molar-refractivity contribution in [2.24, 2.45) is 0 Å². The first-order valence-electron chi connectivity index (χ1n) is 10.0. The summed E-state index contributed by atoms with van der Waals surface area (Å²) in [5.41, 5.74) is 0.609. The number of amides is 1. The van der Waals surface area contributed by atoms with Gasteiger partial charge in [0.15, 0.2) is 11.5 Å². The van der Waals surface area contributed by atoms with E-state index in [0.29, 0.717) is 42.7 Å². The van der Waals surface area contributed by atoms with Crippen LogP contribution in [0.3, 0.4) is 0 Å². The van der Waals surface area contributed by atoms with Gasteiger partial charge in [0.2, 0.25) is 0 Å². The van der Waals surface area contributed by atoms with Crippen LogP contribution in [0.2, 0.25) is 0 Å². The number of fused-ring (bicyclic) bond motifs is 1. The minimum Gasteiger partial charge on any atom is -0.493 e. The summed E-state index contributed by atoms with van der Waals surface area (Å²) in [5, 5.41) is 12.1. The van der Waals surface area contributed by atoms with E-state index in [1.807, 2.05) is 4.90 Å². The van der Waals surface area contributed by atoms with Crippen molar-refractivity contribution in [3.63, 3.8) is 0 Å². The van der Waals surface area contributed by atoms with Gasteiger partial charge in [-0.2, -0.15) is 0 Å². The second kappa shape index (κ2) is 9.95. The summed E-state index contributed by atoms with van der Waals surface area (Å²) in [4.78, 5) is 14.9. The minimum absolute atomic E-state index is 0. The number of nitrogens with zero attached hydrogens (tertiary/aromatic N) is 4. The number of nitrogens with one attached hydrogen (secondary N) is 1. The van der Waals surface area contributed by atoms with Crippen molar-refractivity contribution in [3.8, 4) is 11.5 Å². The van der Waals surface area contributed by atoms with Gasteiger partial charge in [-0.1, -0.05) is 12.7 Å². The summed E-state index contributed by atoms with van der Waals surface area (Å²) in [6.45, 7) is 8.09. The Morgan fingerprint density at radius 3 is 2.80 bits per heavy atom. The summed E-state index contributed by atoms with van der Waals surface area (Å²) in [7, 11) is 1.57. The summed E-state index contributed by atoms with van der Waals surface area (Å²) in [6, 6.07) is 5.31. The average molecular weight is 434 g/mol. The molecule has 3 heterocycles. The Morgan fingerprint density at radius 1 is 1.27 bits per heavy atom. The summed E-state index contributed by atoms with van der Waals surface area (Å²) in [6.07, 6.45) is 3.47. The Morgan fingerprint density at radius 2 is 2.07 bits per heavy atom. The van der Waals surface area contributed by atoms with Gasteiger partial charge in [0, 0.05) is 37.7 Å². The highest BCUT2D eigenvalue weighted by Crippen LogP contribution is 2.31. The number of halogens is 1. The molecule has 4 rings (SSSR count). The van der Waals surface area contributed by atoms with Gasteiger partial charge >= 0.3 is 0 Å². The third kappa shape index (κ3) is 4.44. The molecule has 0 unspecified atom stereocenters. The van der Waals surface area contributed by atoms with Gasteiger partial charge in [-0.3, -0.25) is 4.79 Å². The largest absolute Gasteiger partial charge is 0.493 e. The van der Waals surface area contributed by atoms with Crippen LogP contribution >= 0.6 is 12.4 Å². The first kappa shape index (κ1) is 22.1. The fourth-order valence-corrected chi connectivity index (χ4v) is 4.01. The highest BCUT2D eigenvalue weighted by Gasteiger charge is 2.29. The molecule has 0 bridgehead atoms. The first-order valence-corrected chi connectivity index (χ1v) is 10.0. The van der Waals surface area contributed by atoms with E-state index in [2.05, 4.69) is 26.7 Å². The number of hydrogen-bond donors (Lipinski definition) is 1. The Balaban J connectivity index is 0.00000256. The van der Waals surface area contributed by atoms with E-state index in [0.717, 1.165) is 44.1 Å². The van der Waals surface area contributed by atoms with Gasteiger partial charge in [0.25, 0.3) is 5.91 Å². The van der Waals surface area contributed by atoms with E-state index >= 15 is 0 Å². The quantitative estimate of drug-likeness (QED) is 0.704. The second-order valence-corrected chi connectivity index (χ2v) is 7.33. The molecule has 30 heavy (non-hydrogen) atoms. The Hall–Kier alpha value is -2.58. The molecule has 162 valence electrons. The number of hydrogen-bond acceptors (Lipinski definition) is 6. The van der Waals surface area contributed by atoms with Crippen molar-refractivity contribution < 1.29 is 14.3 Å². The zero-order chi connectivity index (χ0) is 20.2. The highest BCUT2D eigenvalue weighted by molar-refractivity contribution is 5.95. The molecule has 0 saturated carbocycles. The van der Waals surface area contributed by atoms with Crippen molar-refractivity contribution in [1.29, 1.82) is 0 Å². The van der Waals surface area contributed by atoms with E-state index in [9.17, 15) is 4.79 Å². The second-order valence-electron chi connectivity index (χ2n) is 7.33. The Labute approximate surface area is 182 Å². The molecule has 1 N–H and O–H groups in total. The summed E-state index contributed by atoms with van der Waals surface area (Å²) in [5.74, 6) is 3.60. The van der Waals surface area contributed by atoms with Crippen molar-refractivity contribution in [1.82, 2.24) is 25.0 Å². The van der Waals surface area contributed by atoms with Crippen molar-refractivity contribution in [2.75, 3.05) is 33.4 Å². The van der Waals surface area contributed by atoms with E-state index < -0.39 is 0 Å². The van der Waals surface area contributed by atoms with Crippen molar-refractivity contribution in [3.05, 3.63) is 48.1 Å². The minimum atomic E-state index is 0. The van der Waals surface area contributed by atoms with Crippen LogP contribution in [-0.4, -0.2) is 58.9 Å². The van der Waals surface area contributed by atoms with Crippen LogP contribution in [-0.2, 0) is 13.1 Å². The van der Waals surface area contributed by atoms with E-state index in [1.165, 1.54) is 0 Å². The highest BCUT2D eigenvalue weighted by atomic mass is 35.5. The van der Waals surface area contributed by atoms with Gasteiger partial charge in [0.05, 0.1) is 13.7 Å². The molecular formula is C21H28ClN5O3. The molecule has 0 radical (unpaired) electrons. The zero-order valence-electron chi connectivity index (χ0n) is 17.2. The molecule has 1 amide bonds. The Bertz CT molecular complexity index is 893. The fraction of sp³-hybridized carbons (Fsp3) is 0.476. The smallest absolute Gasteiger partial charge is 0.253 e. The van der Waals surface area contributed by atoms with Crippen molar-refractivity contribution >= 4 is 18.3 Å². The Kier molecular flexibility index (Phi) is 7.33. The molecule has 2 aliphatic rings. The molecule has 1 aromatic carbocycles. The lowest BCUT2D eigenvalue weighted by molar-refractivity contribution is 0.0709. The number of methoxy groups -OCH3 is 1. The standard InChI is InChI=1S/C21H27N5O3.ClH/c1-3-12-29-17-5-4-16(13-18(17)28-2)21(27)25-9-6-15(7-10-25)20-24-23-19-14-22-8-11-26(19)20;/h3-5,13,15,22H,1,6-12,14H2,2H3;1H. The SMILES string of the molecule is C=CCOc1ccc(C(=O)N2CCC(c3nnc4n3CCNC4)CC2)cc1OC.Cl. The third-order valence-electron chi connectivity index (χ3n) is 5.57. The molecule has 0 spiro atoms. The number of benzene rings is 1. The monoisotopic (exact) mass is 433 g/mol. The normalized spacial score (nSPS) is 16.4. The molecular weight excluding hydrogens is 406 g/mol. The molecule has 1 saturated heterocycles. The van der Waals surface area contributed by atoms with Crippen molar-refractivity contribution in [2.45, 2.75) is 31.8 Å². The predicted octanol–water partition coefficient (Wildman–Crippen LogP) is 2.40. The predicted molar refractivity (Wildman–Crippen MR) is 116 cm³/mol.